The van der Waals surface area contributed by atoms with Gasteiger partial charge in [-0.1, -0.05) is 23.2 Å². The number of anilines is 1. The minimum Gasteiger partial charge on any atom is -0.478 e. The molecule has 1 aromatic carbocycles. The van der Waals surface area contributed by atoms with Gasteiger partial charge in [0.2, 0.25) is 5.91 Å². The zero-order valence-electron chi connectivity index (χ0n) is 12.1. The number of benzene rings is 1. The maximum Gasteiger partial charge on any atom is 0.335 e. The van der Waals surface area contributed by atoms with Crippen LogP contribution >= 0.6 is 23.2 Å². The number of hydrogen-bond donors (Lipinski definition) is 3. The van der Waals surface area contributed by atoms with Crippen molar-refractivity contribution in [3.8, 4) is 0 Å². The number of aromatic carboxylic acids is 1. The van der Waals surface area contributed by atoms with Crippen LogP contribution in [0.1, 0.15) is 37.6 Å². The summed E-state index contributed by atoms with van der Waals surface area (Å²) >= 11 is 11.9. The largest absolute Gasteiger partial charge is 0.478 e. The molecule has 1 amide bonds. The Hall–Kier alpha value is -1.30. The van der Waals surface area contributed by atoms with E-state index in [-0.39, 0.29) is 39.2 Å². The first-order chi connectivity index (χ1) is 9.60. The van der Waals surface area contributed by atoms with Crippen LogP contribution in [-0.4, -0.2) is 29.1 Å². The molecule has 0 saturated carbocycles. The van der Waals surface area contributed by atoms with Crippen molar-refractivity contribution in [2.24, 2.45) is 0 Å². The molecule has 0 radical (unpaired) electrons. The van der Waals surface area contributed by atoms with Crippen LogP contribution < -0.4 is 10.6 Å². The molecule has 0 spiro atoms. The van der Waals surface area contributed by atoms with Crippen LogP contribution in [0, 0.1) is 0 Å². The predicted molar refractivity (Wildman–Crippen MR) is 84.4 cm³/mol. The molecule has 0 atom stereocenters. The molecule has 0 unspecified atom stereocenters. The number of amides is 1. The average molecular weight is 333 g/mol. The molecule has 0 aliphatic carbocycles. The van der Waals surface area contributed by atoms with E-state index in [0.717, 1.165) is 0 Å². The number of carbonyl (C=O) groups is 2. The van der Waals surface area contributed by atoms with E-state index in [1.54, 1.807) is 0 Å². The third-order valence-corrected chi connectivity index (χ3v) is 3.16. The van der Waals surface area contributed by atoms with Crippen LogP contribution in [0.2, 0.25) is 10.0 Å². The summed E-state index contributed by atoms with van der Waals surface area (Å²) in [5, 5.41) is 14.9. The van der Waals surface area contributed by atoms with Crippen molar-refractivity contribution in [3.05, 3.63) is 27.7 Å². The molecular formula is C14H18Cl2N2O3. The highest BCUT2D eigenvalue weighted by Gasteiger charge is 2.15. The molecule has 116 valence electrons. The van der Waals surface area contributed by atoms with Gasteiger partial charge >= 0.3 is 5.97 Å². The zero-order valence-corrected chi connectivity index (χ0v) is 13.6. The van der Waals surface area contributed by atoms with E-state index < -0.39 is 5.97 Å². The van der Waals surface area contributed by atoms with E-state index in [1.807, 2.05) is 20.8 Å². The minimum absolute atomic E-state index is 0.0302. The van der Waals surface area contributed by atoms with Gasteiger partial charge in [-0.2, -0.15) is 0 Å². The van der Waals surface area contributed by atoms with E-state index in [1.165, 1.54) is 12.1 Å². The summed E-state index contributed by atoms with van der Waals surface area (Å²) in [5.74, 6) is -1.38. The SMILES string of the molecule is CC(C)(C)NCCC(=O)Nc1c(Cl)cc(C(=O)O)cc1Cl. The number of carbonyl (C=O) groups excluding carboxylic acids is 1. The summed E-state index contributed by atoms with van der Waals surface area (Å²) in [5.41, 5.74) is 0.125. The van der Waals surface area contributed by atoms with Crippen molar-refractivity contribution < 1.29 is 14.7 Å². The quantitative estimate of drug-likeness (QED) is 0.772. The molecule has 5 nitrogen and oxygen atoms in total. The first kappa shape index (κ1) is 17.8. The molecule has 1 rings (SSSR count). The van der Waals surface area contributed by atoms with Gasteiger partial charge in [-0.3, -0.25) is 4.79 Å². The summed E-state index contributed by atoms with van der Waals surface area (Å²) in [6.45, 7) is 6.52. The van der Waals surface area contributed by atoms with E-state index in [2.05, 4.69) is 10.6 Å². The van der Waals surface area contributed by atoms with Crippen molar-refractivity contribution in [1.82, 2.24) is 5.32 Å². The number of carboxylic acids is 1. The van der Waals surface area contributed by atoms with Crippen LogP contribution in [-0.2, 0) is 4.79 Å². The van der Waals surface area contributed by atoms with Crippen LogP contribution in [0.25, 0.3) is 0 Å². The molecule has 0 aliphatic heterocycles. The lowest BCUT2D eigenvalue weighted by Crippen LogP contribution is -2.37. The summed E-state index contributed by atoms with van der Waals surface area (Å²) < 4.78 is 0. The number of rotatable bonds is 5. The van der Waals surface area contributed by atoms with E-state index >= 15 is 0 Å². The highest BCUT2D eigenvalue weighted by molar-refractivity contribution is 6.40. The Balaban J connectivity index is 2.71. The monoisotopic (exact) mass is 332 g/mol. The Morgan fingerprint density at radius 3 is 2.14 bits per heavy atom. The van der Waals surface area contributed by atoms with Crippen LogP contribution in [0.4, 0.5) is 5.69 Å². The van der Waals surface area contributed by atoms with Crippen molar-refractivity contribution in [1.29, 1.82) is 0 Å². The smallest absolute Gasteiger partial charge is 0.335 e. The fourth-order valence-electron chi connectivity index (χ4n) is 1.57. The molecule has 0 fully saturated rings. The maximum absolute atomic E-state index is 11.8. The Bertz CT molecular complexity index is 531. The summed E-state index contributed by atoms with van der Waals surface area (Å²) in [7, 11) is 0. The molecule has 0 saturated heterocycles. The lowest BCUT2D eigenvalue weighted by molar-refractivity contribution is -0.116. The molecule has 3 N–H and O–H groups in total. The average Bonchev–Trinajstić information content (AvgIpc) is 2.31. The van der Waals surface area contributed by atoms with Gasteiger partial charge in [0, 0.05) is 18.5 Å². The van der Waals surface area contributed by atoms with Crippen LogP contribution in [0.15, 0.2) is 12.1 Å². The number of carboxylic acid groups (broad SMARTS) is 1. The Labute approximate surface area is 133 Å². The van der Waals surface area contributed by atoms with Gasteiger partial charge in [-0.25, -0.2) is 4.79 Å². The van der Waals surface area contributed by atoms with Gasteiger partial charge in [-0.05, 0) is 32.9 Å². The van der Waals surface area contributed by atoms with Crippen molar-refractivity contribution in [3.63, 3.8) is 0 Å². The minimum atomic E-state index is -1.13. The topological polar surface area (TPSA) is 78.4 Å². The van der Waals surface area contributed by atoms with Gasteiger partial charge in [0.15, 0.2) is 0 Å². The highest BCUT2D eigenvalue weighted by atomic mass is 35.5. The van der Waals surface area contributed by atoms with Crippen molar-refractivity contribution >= 4 is 40.8 Å². The number of nitrogens with one attached hydrogen (secondary N) is 2. The fourth-order valence-corrected chi connectivity index (χ4v) is 2.15. The third-order valence-electron chi connectivity index (χ3n) is 2.56. The van der Waals surface area contributed by atoms with Gasteiger partial charge in [-0.15, -0.1) is 0 Å². The molecule has 0 bridgehead atoms. The molecule has 1 aromatic rings. The second-order valence-corrected chi connectivity index (χ2v) is 6.41. The summed E-state index contributed by atoms with van der Waals surface area (Å²) in [4.78, 5) is 22.7. The molecule has 7 heteroatoms. The van der Waals surface area contributed by atoms with Gasteiger partial charge < -0.3 is 15.7 Å². The van der Waals surface area contributed by atoms with Crippen molar-refractivity contribution in [2.75, 3.05) is 11.9 Å². The van der Waals surface area contributed by atoms with E-state index in [9.17, 15) is 9.59 Å². The lowest BCUT2D eigenvalue weighted by atomic mass is 10.1. The first-order valence-corrected chi connectivity index (χ1v) is 7.13. The second-order valence-electron chi connectivity index (χ2n) is 5.59. The number of halogens is 2. The Kier molecular flexibility index (Phi) is 6.01. The van der Waals surface area contributed by atoms with Crippen LogP contribution in [0.3, 0.4) is 0 Å². The summed E-state index contributed by atoms with van der Waals surface area (Å²) in [6, 6.07) is 2.50. The normalized spacial score (nSPS) is 11.3. The van der Waals surface area contributed by atoms with Crippen LogP contribution in [0.5, 0.6) is 0 Å². The zero-order chi connectivity index (χ0) is 16.2. The Morgan fingerprint density at radius 1 is 1.19 bits per heavy atom. The second kappa shape index (κ2) is 7.11. The fraction of sp³-hybridized carbons (Fsp3) is 0.429. The van der Waals surface area contributed by atoms with E-state index in [0.29, 0.717) is 6.54 Å². The molecule has 21 heavy (non-hydrogen) atoms. The highest BCUT2D eigenvalue weighted by Crippen LogP contribution is 2.32. The lowest BCUT2D eigenvalue weighted by Gasteiger charge is -2.20. The number of hydrogen-bond acceptors (Lipinski definition) is 3. The van der Waals surface area contributed by atoms with Crippen molar-refractivity contribution in [2.45, 2.75) is 32.7 Å². The Morgan fingerprint density at radius 2 is 1.71 bits per heavy atom. The molecular weight excluding hydrogens is 315 g/mol. The summed E-state index contributed by atoms with van der Waals surface area (Å²) in [6.07, 6.45) is 0.255. The van der Waals surface area contributed by atoms with Gasteiger partial charge in [0.05, 0.1) is 21.3 Å². The standard InChI is InChI=1S/C14H18Cl2N2O3/c1-14(2,3)17-5-4-11(19)18-12-9(15)6-8(13(20)21)7-10(12)16/h6-7,17H,4-5H2,1-3H3,(H,18,19)(H,20,21). The molecule has 0 heterocycles. The van der Waals surface area contributed by atoms with Gasteiger partial charge in [0.25, 0.3) is 0 Å². The molecule has 0 aliphatic rings. The van der Waals surface area contributed by atoms with Gasteiger partial charge in [0.1, 0.15) is 0 Å². The predicted octanol–water partition coefficient (Wildman–Crippen LogP) is 3.41. The van der Waals surface area contributed by atoms with E-state index in [4.69, 9.17) is 28.3 Å². The third kappa shape index (κ3) is 5.91. The molecule has 0 aromatic heterocycles. The first-order valence-electron chi connectivity index (χ1n) is 6.37. The maximum atomic E-state index is 11.8.